The number of nitrogens with one attached hydrogen (secondary N) is 2. The Morgan fingerprint density at radius 3 is 2.10 bits per heavy atom. The first-order valence-electron chi connectivity index (χ1n) is 15.3. The average molecular weight is 584 g/mol. The number of aromatic amines is 1. The molecule has 2 N–H and O–H groups in total. The SMILES string of the molecule is CCCCCCCCCCCCc1ccc(S(=O)(=O)Nc2cccc(-c3nc4cc(-c5ccccc5)[nH]n4n3)c2)cc1. The fourth-order valence-corrected chi connectivity index (χ4v) is 6.30. The molecule has 2 aromatic heterocycles. The van der Waals surface area contributed by atoms with Crippen LogP contribution in [0.25, 0.3) is 28.3 Å². The molecule has 0 saturated carbocycles. The molecule has 5 rings (SSSR count). The normalized spacial score (nSPS) is 11.7. The standard InChI is InChI=1S/C34H41N5O2S/c1-2-3-4-5-6-7-8-9-10-12-16-27-21-23-31(24-22-27)42(40,41)38-30-20-15-19-29(25-30)34-35-33-26-32(36-39(33)37-34)28-17-13-11-14-18-28/h11,13-15,17-26,36,38H,2-10,12,16H2,1H3. The molecule has 7 nitrogen and oxygen atoms in total. The van der Waals surface area contributed by atoms with Crippen molar-refractivity contribution in [3.8, 4) is 22.6 Å². The number of unbranched alkanes of at least 4 members (excludes halogenated alkanes) is 9. The molecule has 0 bridgehead atoms. The predicted octanol–water partition coefficient (Wildman–Crippen LogP) is 8.66. The van der Waals surface area contributed by atoms with Crippen LogP contribution in [-0.2, 0) is 16.4 Å². The van der Waals surface area contributed by atoms with Crippen molar-refractivity contribution in [2.45, 2.75) is 82.4 Å². The van der Waals surface area contributed by atoms with Crippen LogP contribution in [0, 0.1) is 0 Å². The Morgan fingerprint density at radius 1 is 0.738 bits per heavy atom. The van der Waals surface area contributed by atoms with Gasteiger partial charge in [-0.15, -0.1) is 5.10 Å². The molecule has 0 radical (unpaired) electrons. The molecule has 0 saturated heterocycles. The number of nitrogens with zero attached hydrogens (tertiary/aromatic N) is 3. The maximum atomic E-state index is 13.1. The summed E-state index contributed by atoms with van der Waals surface area (Å²) in [5.74, 6) is 0.512. The minimum atomic E-state index is -3.73. The van der Waals surface area contributed by atoms with Crippen LogP contribution in [0.2, 0.25) is 0 Å². The van der Waals surface area contributed by atoms with Gasteiger partial charge >= 0.3 is 0 Å². The van der Waals surface area contributed by atoms with Crippen LogP contribution < -0.4 is 4.72 Å². The molecule has 42 heavy (non-hydrogen) atoms. The fourth-order valence-electron chi connectivity index (χ4n) is 5.25. The van der Waals surface area contributed by atoms with E-state index in [1.807, 2.05) is 54.6 Å². The molecule has 8 heteroatoms. The second-order valence-electron chi connectivity index (χ2n) is 11.0. The molecule has 0 fully saturated rings. The molecule has 5 aromatic rings. The van der Waals surface area contributed by atoms with Gasteiger partial charge < -0.3 is 0 Å². The minimum Gasteiger partial charge on any atom is -0.280 e. The van der Waals surface area contributed by atoms with E-state index >= 15 is 0 Å². The molecule has 0 atom stereocenters. The van der Waals surface area contributed by atoms with Crippen LogP contribution in [-0.4, -0.2) is 28.2 Å². The maximum absolute atomic E-state index is 13.1. The van der Waals surface area contributed by atoms with Crippen LogP contribution in [0.3, 0.4) is 0 Å². The first-order chi connectivity index (χ1) is 20.5. The lowest BCUT2D eigenvalue weighted by atomic mass is 10.0. The number of anilines is 1. The lowest BCUT2D eigenvalue weighted by molar-refractivity contribution is 0.556. The summed E-state index contributed by atoms with van der Waals surface area (Å²) in [6.45, 7) is 2.26. The van der Waals surface area contributed by atoms with Crippen LogP contribution in [0.1, 0.15) is 76.7 Å². The monoisotopic (exact) mass is 583 g/mol. The van der Waals surface area contributed by atoms with Crippen molar-refractivity contribution in [1.29, 1.82) is 0 Å². The Kier molecular flexibility index (Phi) is 10.1. The number of H-pyrrole nitrogens is 1. The number of aromatic nitrogens is 4. The zero-order valence-corrected chi connectivity index (χ0v) is 25.2. The third-order valence-corrected chi connectivity index (χ3v) is 9.04. The Balaban J connectivity index is 1.13. The molecular weight excluding hydrogens is 542 g/mol. The molecule has 220 valence electrons. The number of sulfonamides is 1. The van der Waals surface area contributed by atoms with Crippen molar-refractivity contribution in [3.63, 3.8) is 0 Å². The number of benzene rings is 3. The van der Waals surface area contributed by atoms with E-state index in [2.05, 4.69) is 26.8 Å². The molecule has 0 aliphatic heterocycles. The summed E-state index contributed by atoms with van der Waals surface area (Å²) in [4.78, 5) is 4.89. The Bertz CT molecular complexity index is 1630. The Labute approximate surface area is 249 Å². The first-order valence-corrected chi connectivity index (χ1v) is 16.7. The highest BCUT2D eigenvalue weighted by atomic mass is 32.2. The van der Waals surface area contributed by atoms with Crippen molar-refractivity contribution in [2.24, 2.45) is 0 Å². The van der Waals surface area contributed by atoms with Gasteiger partial charge in [-0.25, -0.2) is 13.4 Å². The molecule has 0 unspecified atom stereocenters. The van der Waals surface area contributed by atoms with Gasteiger partial charge in [0.2, 0.25) is 0 Å². The number of fused-ring (bicyclic) bond motifs is 1. The smallest absolute Gasteiger partial charge is 0.261 e. The van der Waals surface area contributed by atoms with Crippen LogP contribution in [0.15, 0.2) is 89.8 Å². The van der Waals surface area contributed by atoms with E-state index in [0.29, 0.717) is 17.2 Å². The molecule has 0 aliphatic carbocycles. The average Bonchev–Trinajstić information content (AvgIpc) is 3.59. The molecule has 2 heterocycles. The zero-order valence-electron chi connectivity index (χ0n) is 24.4. The van der Waals surface area contributed by atoms with Gasteiger partial charge in [0.25, 0.3) is 10.0 Å². The quantitative estimate of drug-likeness (QED) is 0.114. The minimum absolute atomic E-state index is 0.251. The second-order valence-corrected chi connectivity index (χ2v) is 12.7. The van der Waals surface area contributed by atoms with Gasteiger partial charge in [-0.05, 0) is 48.2 Å². The van der Waals surface area contributed by atoms with Crippen molar-refractivity contribution in [1.82, 2.24) is 19.8 Å². The highest BCUT2D eigenvalue weighted by molar-refractivity contribution is 7.92. The highest BCUT2D eigenvalue weighted by Crippen LogP contribution is 2.25. The van der Waals surface area contributed by atoms with Crippen LogP contribution >= 0.6 is 0 Å². The fraction of sp³-hybridized carbons (Fsp3) is 0.353. The van der Waals surface area contributed by atoms with Crippen molar-refractivity contribution in [3.05, 3.63) is 90.5 Å². The van der Waals surface area contributed by atoms with Gasteiger partial charge in [0, 0.05) is 17.3 Å². The molecule has 0 aliphatic rings. The number of hydrogen-bond donors (Lipinski definition) is 2. The topological polar surface area (TPSA) is 92.1 Å². The largest absolute Gasteiger partial charge is 0.280 e. The van der Waals surface area contributed by atoms with E-state index in [9.17, 15) is 8.42 Å². The van der Waals surface area contributed by atoms with Gasteiger partial charge in [-0.1, -0.05) is 119 Å². The Morgan fingerprint density at radius 2 is 1.40 bits per heavy atom. The predicted molar refractivity (Wildman–Crippen MR) is 171 cm³/mol. The summed E-state index contributed by atoms with van der Waals surface area (Å²) >= 11 is 0. The van der Waals surface area contributed by atoms with Gasteiger partial charge in [0.1, 0.15) is 0 Å². The van der Waals surface area contributed by atoms with Gasteiger partial charge in [0.05, 0.1) is 10.6 Å². The lowest BCUT2D eigenvalue weighted by Crippen LogP contribution is -2.13. The van der Waals surface area contributed by atoms with Gasteiger partial charge in [0.15, 0.2) is 11.5 Å². The summed E-state index contributed by atoms with van der Waals surface area (Å²) < 4.78 is 30.6. The first kappa shape index (κ1) is 29.6. The van der Waals surface area contributed by atoms with Crippen molar-refractivity contribution < 1.29 is 8.42 Å². The number of rotatable bonds is 16. The summed E-state index contributed by atoms with van der Waals surface area (Å²) in [5, 5.41) is 7.81. The maximum Gasteiger partial charge on any atom is 0.261 e. The number of hydrogen-bond acceptors (Lipinski definition) is 4. The summed E-state index contributed by atoms with van der Waals surface area (Å²) in [6, 6.07) is 26.3. The zero-order chi connectivity index (χ0) is 29.2. The summed E-state index contributed by atoms with van der Waals surface area (Å²) in [5.41, 5.74) is 5.02. The van der Waals surface area contributed by atoms with Crippen LogP contribution in [0.4, 0.5) is 5.69 Å². The highest BCUT2D eigenvalue weighted by Gasteiger charge is 2.16. The van der Waals surface area contributed by atoms with Crippen LogP contribution in [0.5, 0.6) is 0 Å². The Hall–Kier alpha value is -3.91. The van der Waals surface area contributed by atoms with Gasteiger partial charge in [-0.2, -0.15) is 4.63 Å². The molecule has 0 amide bonds. The molecule has 3 aromatic carbocycles. The summed E-state index contributed by atoms with van der Waals surface area (Å²) in [6.07, 6.45) is 14.1. The van der Waals surface area contributed by atoms with E-state index in [0.717, 1.165) is 29.7 Å². The van der Waals surface area contributed by atoms with Gasteiger partial charge in [-0.3, -0.25) is 9.82 Å². The number of aryl methyl sites for hydroxylation is 1. The molecular formula is C34H41N5O2S. The van der Waals surface area contributed by atoms with Crippen molar-refractivity contribution >= 4 is 21.4 Å². The third-order valence-electron chi connectivity index (χ3n) is 7.64. The summed E-state index contributed by atoms with van der Waals surface area (Å²) in [7, 11) is -3.73. The molecule has 0 spiro atoms. The van der Waals surface area contributed by atoms with E-state index in [4.69, 9.17) is 0 Å². The van der Waals surface area contributed by atoms with E-state index in [1.54, 1.807) is 35.0 Å². The van der Waals surface area contributed by atoms with E-state index in [-0.39, 0.29) is 4.90 Å². The van der Waals surface area contributed by atoms with E-state index < -0.39 is 10.0 Å². The van der Waals surface area contributed by atoms with Crippen molar-refractivity contribution in [2.75, 3.05) is 4.72 Å². The lowest BCUT2D eigenvalue weighted by Gasteiger charge is -2.10. The third kappa shape index (κ3) is 7.88. The second kappa shape index (κ2) is 14.3. The van der Waals surface area contributed by atoms with E-state index in [1.165, 1.54) is 63.4 Å².